The number of amides is 1. The summed E-state index contributed by atoms with van der Waals surface area (Å²) in [6, 6.07) is 22.2. The first-order valence-corrected chi connectivity index (χ1v) is 14.4. The van der Waals surface area contributed by atoms with Gasteiger partial charge in [0.1, 0.15) is 5.82 Å². The van der Waals surface area contributed by atoms with Crippen molar-refractivity contribution in [1.29, 1.82) is 0 Å². The molecule has 0 atom stereocenters. The number of anilines is 1. The molecule has 0 unspecified atom stereocenters. The Morgan fingerprint density at radius 1 is 1.00 bits per heavy atom. The number of para-hydroxylation sites is 1. The Morgan fingerprint density at radius 3 is 2.38 bits per heavy atom. The summed E-state index contributed by atoms with van der Waals surface area (Å²) in [5.41, 5.74) is 2.39. The van der Waals surface area contributed by atoms with E-state index < -0.39 is 15.9 Å². The van der Waals surface area contributed by atoms with Crippen molar-refractivity contribution in [2.75, 3.05) is 32.1 Å². The predicted octanol–water partition coefficient (Wildman–Crippen LogP) is 5.30. The van der Waals surface area contributed by atoms with Gasteiger partial charge >= 0.3 is 0 Å². The highest BCUT2D eigenvalue weighted by molar-refractivity contribution is 7.89. The van der Waals surface area contributed by atoms with Crippen molar-refractivity contribution in [3.8, 4) is 5.69 Å². The summed E-state index contributed by atoms with van der Waals surface area (Å²) in [7, 11) is -2.39. The van der Waals surface area contributed by atoms with Gasteiger partial charge in [-0.2, -0.15) is 9.40 Å². The number of nitrogens with zero attached hydrogens (tertiary/aromatic N) is 3. The minimum atomic E-state index is -3.95. The molecule has 0 bridgehead atoms. The summed E-state index contributed by atoms with van der Waals surface area (Å²) in [4.78, 5) is 13.5. The van der Waals surface area contributed by atoms with Crippen LogP contribution in [0.4, 0.5) is 5.82 Å². The van der Waals surface area contributed by atoms with Gasteiger partial charge in [-0.05, 0) is 47.9 Å². The highest BCUT2D eigenvalue weighted by Crippen LogP contribution is 2.28. The zero-order valence-electron chi connectivity index (χ0n) is 23.1. The Labute approximate surface area is 230 Å². The maximum absolute atomic E-state index is 13.7. The summed E-state index contributed by atoms with van der Waals surface area (Å²) >= 11 is 0. The predicted molar refractivity (Wildman–Crippen MR) is 155 cm³/mol. The number of benzene rings is 3. The molecule has 206 valence electrons. The highest BCUT2D eigenvalue weighted by Gasteiger charge is 2.28. The molecule has 0 aliphatic heterocycles. The lowest BCUT2D eigenvalue weighted by molar-refractivity contribution is -0.116. The molecule has 1 heterocycles. The lowest BCUT2D eigenvalue weighted by Gasteiger charge is -2.22. The van der Waals surface area contributed by atoms with Crippen molar-refractivity contribution in [2.24, 2.45) is 0 Å². The van der Waals surface area contributed by atoms with E-state index in [2.05, 4.69) is 26.1 Å². The summed E-state index contributed by atoms with van der Waals surface area (Å²) in [5, 5.41) is 9.47. The van der Waals surface area contributed by atoms with Crippen molar-refractivity contribution in [3.63, 3.8) is 0 Å². The number of carbonyl (C=O) groups excluding carboxylic acids is 1. The fourth-order valence-electron chi connectivity index (χ4n) is 4.31. The van der Waals surface area contributed by atoms with E-state index in [1.807, 2.05) is 61.5 Å². The standard InChI is InChI=1S/C30H36N4O4S/c1-22-11-6-9-14-26(22)34-28(20-27(32-34)30(2,3)4)31-29(35)21-33(17-10-18-38-5)39(36,37)25-16-15-23-12-7-8-13-24(23)19-25/h6-9,11-16,19-20H,10,17-18,21H2,1-5H3,(H,31,35). The molecular formula is C30H36N4O4S. The first-order chi connectivity index (χ1) is 18.5. The van der Waals surface area contributed by atoms with Crippen molar-refractivity contribution in [3.05, 3.63) is 84.1 Å². The van der Waals surface area contributed by atoms with Crippen LogP contribution < -0.4 is 5.32 Å². The molecular weight excluding hydrogens is 512 g/mol. The van der Waals surface area contributed by atoms with Gasteiger partial charge < -0.3 is 10.1 Å². The number of sulfonamides is 1. The molecule has 9 heteroatoms. The number of nitrogens with one attached hydrogen (secondary N) is 1. The largest absolute Gasteiger partial charge is 0.385 e. The molecule has 1 aromatic heterocycles. The van der Waals surface area contributed by atoms with E-state index in [1.54, 1.807) is 30.0 Å². The van der Waals surface area contributed by atoms with Crippen LogP contribution in [0.5, 0.6) is 0 Å². The minimum absolute atomic E-state index is 0.140. The van der Waals surface area contributed by atoms with E-state index in [1.165, 1.54) is 4.31 Å². The third-order valence-electron chi connectivity index (χ3n) is 6.52. The third-order valence-corrected chi connectivity index (χ3v) is 8.36. The van der Waals surface area contributed by atoms with Crippen molar-refractivity contribution in [2.45, 2.75) is 44.4 Å². The van der Waals surface area contributed by atoms with Gasteiger partial charge in [0.05, 0.1) is 22.8 Å². The van der Waals surface area contributed by atoms with Gasteiger partial charge in [0.25, 0.3) is 0 Å². The van der Waals surface area contributed by atoms with Crippen LogP contribution in [0.15, 0.2) is 77.7 Å². The van der Waals surface area contributed by atoms with Crippen LogP contribution in [0.3, 0.4) is 0 Å². The van der Waals surface area contributed by atoms with Gasteiger partial charge in [-0.1, -0.05) is 69.3 Å². The van der Waals surface area contributed by atoms with Gasteiger partial charge in [0.2, 0.25) is 15.9 Å². The van der Waals surface area contributed by atoms with Crippen LogP contribution in [-0.2, 0) is 25.0 Å². The van der Waals surface area contributed by atoms with E-state index in [0.29, 0.717) is 18.8 Å². The first kappa shape index (κ1) is 28.5. The summed E-state index contributed by atoms with van der Waals surface area (Å²) in [6.45, 7) is 8.31. The van der Waals surface area contributed by atoms with Crippen LogP contribution >= 0.6 is 0 Å². The van der Waals surface area contributed by atoms with E-state index in [9.17, 15) is 13.2 Å². The van der Waals surface area contributed by atoms with Crippen LogP contribution in [-0.4, -0.2) is 55.2 Å². The lowest BCUT2D eigenvalue weighted by atomic mass is 9.92. The molecule has 1 N–H and O–H groups in total. The monoisotopic (exact) mass is 548 g/mol. The van der Waals surface area contributed by atoms with Crippen LogP contribution in [0, 0.1) is 6.92 Å². The molecule has 0 spiro atoms. The molecule has 0 aliphatic rings. The zero-order chi connectivity index (χ0) is 28.2. The number of aromatic nitrogens is 2. The molecule has 3 aromatic carbocycles. The Balaban J connectivity index is 1.64. The number of hydrogen-bond donors (Lipinski definition) is 1. The Morgan fingerprint density at radius 2 is 1.69 bits per heavy atom. The van der Waals surface area contributed by atoms with Crippen molar-refractivity contribution in [1.82, 2.24) is 14.1 Å². The van der Waals surface area contributed by atoms with E-state index in [0.717, 1.165) is 27.7 Å². The fourth-order valence-corrected chi connectivity index (χ4v) is 5.78. The number of rotatable bonds is 10. The zero-order valence-corrected chi connectivity index (χ0v) is 24.0. The normalized spacial score (nSPS) is 12.3. The Bertz CT molecular complexity index is 1570. The first-order valence-electron chi connectivity index (χ1n) is 12.9. The van der Waals surface area contributed by atoms with Crippen molar-refractivity contribution < 1.29 is 17.9 Å². The molecule has 0 fully saturated rings. The third kappa shape index (κ3) is 6.55. The molecule has 0 saturated heterocycles. The van der Waals surface area contributed by atoms with E-state index >= 15 is 0 Å². The number of carbonyl (C=O) groups is 1. The average molecular weight is 549 g/mol. The van der Waals surface area contributed by atoms with Crippen LogP contribution in [0.25, 0.3) is 16.5 Å². The maximum Gasteiger partial charge on any atom is 0.243 e. The molecule has 0 radical (unpaired) electrons. The molecule has 39 heavy (non-hydrogen) atoms. The fraction of sp³-hybridized carbons (Fsp3) is 0.333. The van der Waals surface area contributed by atoms with Gasteiger partial charge in [0.15, 0.2) is 0 Å². The van der Waals surface area contributed by atoms with Gasteiger partial charge in [0, 0.05) is 31.7 Å². The van der Waals surface area contributed by atoms with Crippen LogP contribution in [0.1, 0.15) is 38.4 Å². The van der Waals surface area contributed by atoms with E-state index in [-0.39, 0.29) is 23.4 Å². The molecule has 4 rings (SSSR count). The number of hydrogen-bond acceptors (Lipinski definition) is 5. The summed E-state index contributed by atoms with van der Waals surface area (Å²) in [5.74, 6) is 0.0335. The molecule has 1 amide bonds. The SMILES string of the molecule is COCCCN(CC(=O)Nc1cc(C(C)(C)C)nn1-c1ccccc1C)S(=O)(=O)c1ccc2ccccc2c1. The lowest BCUT2D eigenvalue weighted by Crippen LogP contribution is -2.39. The van der Waals surface area contributed by atoms with Gasteiger partial charge in [-0.3, -0.25) is 4.79 Å². The average Bonchev–Trinajstić information content (AvgIpc) is 3.32. The van der Waals surface area contributed by atoms with Crippen molar-refractivity contribution >= 4 is 32.5 Å². The number of aryl methyl sites for hydroxylation is 1. The number of ether oxygens (including phenoxy) is 1. The Kier molecular flexibility index (Phi) is 8.54. The smallest absolute Gasteiger partial charge is 0.243 e. The summed E-state index contributed by atoms with van der Waals surface area (Å²) in [6.07, 6.45) is 0.450. The second-order valence-electron chi connectivity index (χ2n) is 10.6. The Hall–Kier alpha value is -3.53. The summed E-state index contributed by atoms with van der Waals surface area (Å²) < 4.78 is 35.5. The topological polar surface area (TPSA) is 93.5 Å². The number of fused-ring (bicyclic) bond motifs is 1. The quantitative estimate of drug-likeness (QED) is 0.272. The highest BCUT2D eigenvalue weighted by atomic mass is 32.2. The second-order valence-corrected chi connectivity index (χ2v) is 12.5. The molecule has 8 nitrogen and oxygen atoms in total. The minimum Gasteiger partial charge on any atom is -0.385 e. The second kappa shape index (κ2) is 11.7. The van der Waals surface area contributed by atoms with E-state index in [4.69, 9.17) is 9.84 Å². The molecule has 4 aromatic rings. The van der Waals surface area contributed by atoms with Gasteiger partial charge in [-0.25, -0.2) is 13.1 Å². The number of methoxy groups -OCH3 is 1. The molecule has 0 saturated carbocycles. The van der Waals surface area contributed by atoms with Crippen LogP contribution in [0.2, 0.25) is 0 Å². The maximum atomic E-state index is 13.7. The van der Waals surface area contributed by atoms with Gasteiger partial charge in [-0.15, -0.1) is 0 Å². The molecule has 0 aliphatic carbocycles.